The van der Waals surface area contributed by atoms with Crippen molar-refractivity contribution in [2.24, 2.45) is 5.10 Å². The fraction of sp³-hybridized carbons (Fsp3) is 0.421. The summed E-state index contributed by atoms with van der Waals surface area (Å²) in [6.07, 6.45) is 1.60. The number of nitrogens with zero attached hydrogens (tertiary/aromatic N) is 2. The zero-order valence-corrected chi connectivity index (χ0v) is 16.2. The molecule has 4 N–H and O–H groups in total. The van der Waals surface area contributed by atoms with E-state index in [1.165, 1.54) is 23.2 Å². The van der Waals surface area contributed by atoms with Gasteiger partial charge in [-0.1, -0.05) is 12.1 Å². The zero-order chi connectivity index (χ0) is 20.5. The van der Waals surface area contributed by atoms with Gasteiger partial charge in [0.15, 0.2) is 0 Å². The number of nitrogens with one attached hydrogen (secondary N) is 3. The van der Waals surface area contributed by atoms with Gasteiger partial charge in [0, 0.05) is 6.54 Å². The lowest BCUT2D eigenvalue weighted by Crippen LogP contribution is -3.12. The van der Waals surface area contributed by atoms with Crippen molar-refractivity contribution in [2.45, 2.75) is 26.8 Å². The monoisotopic (exact) mass is 392 g/mol. The second-order valence-electron chi connectivity index (χ2n) is 6.40. The van der Waals surface area contributed by atoms with Crippen LogP contribution in [0.5, 0.6) is 5.88 Å². The first-order chi connectivity index (χ1) is 13.5. The van der Waals surface area contributed by atoms with Crippen LogP contribution in [-0.2, 0) is 13.0 Å². The smallest absolute Gasteiger partial charge is 0.331 e. The summed E-state index contributed by atoms with van der Waals surface area (Å²) in [6.45, 7) is 7.87. The van der Waals surface area contributed by atoms with Crippen molar-refractivity contribution in [3.05, 3.63) is 62.0 Å². The Kier molecular flexibility index (Phi) is 7.94. The Labute approximate surface area is 162 Å². The molecule has 0 bridgehead atoms. The lowest BCUT2D eigenvalue weighted by molar-refractivity contribution is -0.895. The third kappa shape index (κ3) is 5.78. The summed E-state index contributed by atoms with van der Waals surface area (Å²) in [4.78, 5) is 27.6. The fourth-order valence-electron chi connectivity index (χ4n) is 2.80. The molecule has 0 amide bonds. The highest BCUT2D eigenvalue weighted by Crippen LogP contribution is 2.10. The standard InChI is InChI=1S/C19H26FN5O3/c1-3-24(4-2)12-10-21-22-13-16-17(26)23-19(28)25(18(16)27)11-9-14-5-7-15(20)8-6-14/h5-8,13,21,27H,3-4,9-12H2,1-2H3,(H,23,26,28)/p+1/b22-13+. The number of aromatic hydroxyl groups is 1. The van der Waals surface area contributed by atoms with Gasteiger partial charge in [-0.05, 0) is 38.0 Å². The molecule has 0 fully saturated rings. The summed E-state index contributed by atoms with van der Waals surface area (Å²) >= 11 is 0. The minimum atomic E-state index is -0.708. The Morgan fingerprint density at radius 1 is 1.25 bits per heavy atom. The lowest BCUT2D eigenvalue weighted by atomic mass is 10.1. The van der Waals surface area contributed by atoms with E-state index in [0.717, 1.165) is 29.8 Å². The highest BCUT2D eigenvalue weighted by atomic mass is 19.1. The maximum absolute atomic E-state index is 13.0. The molecule has 0 unspecified atom stereocenters. The summed E-state index contributed by atoms with van der Waals surface area (Å²) in [6, 6.07) is 5.86. The average Bonchev–Trinajstić information content (AvgIpc) is 2.68. The molecule has 0 aliphatic rings. The molecule has 0 aliphatic heterocycles. The van der Waals surface area contributed by atoms with Gasteiger partial charge in [-0.2, -0.15) is 5.10 Å². The predicted octanol–water partition coefficient (Wildman–Crippen LogP) is -0.528. The number of hydrogen-bond acceptors (Lipinski definition) is 5. The molecule has 152 valence electrons. The van der Waals surface area contributed by atoms with Crippen molar-refractivity contribution in [2.75, 3.05) is 26.2 Å². The quantitative estimate of drug-likeness (QED) is 0.248. The molecule has 9 heteroatoms. The van der Waals surface area contributed by atoms with E-state index in [1.807, 2.05) is 0 Å². The van der Waals surface area contributed by atoms with Crippen molar-refractivity contribution in [3.8, 4) is 5.88 Å². The van der Waals surface area contributed by atoms with Crippen molar-refractivity contribution >= 4 is 6.21 Å². The third-order valence-corrected chi connectivity index (χ3v) is 4.62. The number of aromatic nitrogens is 2. The molecule has 8 nitrogen and oxygen atoms in total. The molecule has 1 aromatic heterocycles. The number of halogens is 1. The van der Waals surface area contributed by atoms with Crippen molar-refractivity contribution in [3.63, 3.8) is 0 Å². The van der Waals surface area contributed by atoms with Gasteiger partial charge >= 0.3 is 5.69 Å². The second kappa shape index (κ2) is 10.4. The van der Waals surface area contributed by atoms with Gasteiger partial charge in [0.25, 0.3) is 5.56 Å². The summed E-state index contributed by atoms with van der Waals surface area (Å²) < 4.78 is 14.0. The van der Waals surface area contributed by atoms with Crippen LogP contribution in [-0.4, -0.2) is 47.1 Å². The molecule has 0 saturated heterocycles. The first-order valence-corrected chi connectivity index (χ1v) is 9.36. The van der Waals surface area contributed by atoms with Gasteiger partial charge in [0.1, 0.15) is 11.4 Å². The summed E-state index contributed by atoms with van der Waals surface area (Å²) in [5.41, 5.74) is 2.13. The average molecular weight is 392 g/mol. The molecule has 0 aliphatic carbocycles. The molecule has 1 heterocycles. The van der Waals surface area contributed by atoms with Crippen LogP contribution in [0.25, 0.3) is 0 Å². The van der Waals surface area contributed by atoms with E-state index in [1.54, 1.807) is 12.1 Å². The van der Waals surface area contributed by atoms with E-state index in [2.05, 4.69) is 29.4 Å². The molecule has 28 heavy (non-hydrogen) atoms. The third-order valence-electron chi connectivity index (χ3n) is 4.62. The van der Waals surface area contributed by atoms with Gasteiger partial charge in [0.2, 0.25) is 5.88 Å². The van der Waals surface area contributed by atoms with Crippen LogP contribution in [0.4, 0.5) is 4.39 Å². The zero-order valence-electron chi connectivity index (χ0n) is 16.2. The maximum atomic E-state index is 13.0. The number of quaternary nitrogens is 1. The number of likely N-dealkylation sites (N-methyl/N-ethyl adjacent to an activating group) is 1. The Bertz CT molecular complexity index is 901. The Balaban J connectivity index is 2.07. The minimum absolute atomic E-state index is 0.0959. The number of hydrogen-bond donors (Lipinski definition) is 4. The van der Waals surface area contributed by atoms with E-state index in [9.17, 15) is 19.1 Å². The Morgan fingerprint density at radius 3 is 2.57 bits per heavy atom. The molecular formula is C19H27FN5O3+. The normalized spacial score (nSPS) is 11.4. The van der Waals surface area contributed by atoms with E-state index < -0.39 is 17.1 Å². The fourth-order valence-corrected chi connectivity index (χ4v) is 2.80. The first-order valence-electron chi connectivity index (χ1n) is 9.36. The molecule has 0 radical (unpaired) electrons. The molecule has 0 spiro atoms. The van der Waals surface area contributed by atoms with Crippen LogP contribution < -0.4 is 21.6 Å². The summed E-state index contributed by atoms with van der Waals surface area (Å²) in [5, 5.41) is 14.3. The van der Waals surface area contributed by atoms with Gasteiger partial charge in [-0.15, -0.1) is 0 Å². The number of benzene rings is 1. The van der Waals surface area contributed by atoms with Crippen LogP contribution in [0.1, 0.15) is 25.0 Å². The van der Waals surface area contributed by atoms with Crippen molar-refractivity contribution in [1.82, 2.24) is 15.0 Å². The SMILES string of the molecule is CC[NH+](CC)CCN/N=C/c1c(O)n(CCc2ccc(F)cc2)c(=O)[nH]c1=O. The number of hydrazone groups is 1. The number of H-pyrrole nitrogens is 1. The van der Waals surface area contributed by atoms with E-state index >= 15 is 0 Å². The molecule has 0 atom stereocenters. The molecule has 1 aromatic carbocycles. The van der Waals surface area contributed by atoms with E-state index in [0.29, 0.717) is 13.0 Å². The Morgan fingerprint density at radius 2 is 1.93 bits per heavy atom. The number of aryl methyl sites for hydroxylation is 1. The van der Waals surface area contributed by atoms with Gasteiger partial charge in [-0.3, -0.25) is 14.3 Å². The summed E-state index contributed by atoms with van der Waals surface area (Å²) in [5.74, 6) is -0.794. The highest BCUT2D eigenvalue weighted by molar-refractivity contribution is 5.81. The maximum Gasteiger partial charge on any atom is 0.331 e. The van der Waals surface area contributed by atoms with Gasteiger partial charge < -0.3 is 15.4 Å². The predicted molar refractivity (Wildman–Crippen MR) is 106 cm³/mol. The first kappa shape index (κ1) is 21.4. The molecule has 0 saturated carbocycles. The van der Waals surface area contributed by atoms with Crippen molar-refractivity contribution in [1.29, 1.82) is 0 Å². The highest BCUT2D eigenvalue weighted by Gasteiger charge is 2.12. The van der Waals surface area contributed by atoms with Crippen LogP contribution >= 0.6 is 0 Å². The van der Waals surface area contributed by atoms with Crippen LogP contribution in [0, 0.1) is 5.82 Å². The van der Waals surface area contributed by atoms with E-state index in [-0.39, 0.29) is 17.9 Å². The van der Waals surface area contributed by atoms with Crippen LogP contribution in [0.15, 0.2) is 39.0 Å². The summed E-state index contributed by atoms with van der Waals surface area (Å²) in [7, 11) is 0. The number of rotatable bonds is 10. The van der Waals surface area contributed by atoms with Crippen LogP contribution in [0.2, 0.25) is 0 Å². The molecular weight excluding hydrogens is 365 g/mol. The molecule has 2 aromatic rings. The van der Waals surface area contributed by atoms with Gasteiger partial charge in [-0.25, -0.2) is 9.18 Å². The van der Waals surface area contributed by atoms with Gasteiger partial charge in [0.05, 0.1) is 32.4 Å². The number of aromatic amines is 1. The molecule has 2 rings (SSSR count). The lowest BCUT2D eigenvalue weighted by Gasteiger charge is -2.14. The topological polar surface area (TPSA) is 104 Å². The van der Waals surface area contributed by atoms with Crippen molar-refractivity contribution < 1.29 is 14.4 Å². The van der Waals surface area contributed by atoms with E-state index in [4.69, 9.17) is 0 Å². The Hall–Kier alpha value is -2.94. The second-order valence-corrected chi connectivity index (χ2v) is 6.40. The van der Waals surface area contributed by atoms with Crippen LogP contribution in [0.3, 0.4) is 0 Å². The minimum Gasteiger partial charge on any atom is -0.494 e. The largest absolute Gasteiger partial charge is 0.494 e.